The van der Waals surface area contributed by atoms with Crippen molar-refractivity contribution in [1.29, 1.82) is 0 Å². The fourth-order valence-corrected chi connectivity index (χ4v) is 5.64. The first-order chi connectivity index (χ1) is 9.41. The summed E-state index contributed by atoms with van der Waals surface area (Å²) in [6, 6.07) is 4.07. The van der Waals surface area contributed by atoms with Crippen molar-refractivity contribution in [2.45, 2.75) is 56.3 Å². The lowest BCUT2D eigenvalue weighted by Gasteiger charge is -2.34. The summed E-state index contributed by atoms with van der Waals surface area (Å²) in [4.78, 5) is 1.04. The van der Waals surface area contributed by atoms with E-state index in [0.717, 1.165) is 30.7 Å². The highest BCUT2D eigenvalue weighted by molar-refractivity contribution is 7.91. The molecule has 1 fully saturated rings. The molecule has 1 aromatic heterocycles. The van der Waals surface area contributed by atoms with Gasteiger partial charge >= 0.3 is 0 Å². The van der Waals surface area contributed by atoms with Gasteiger partial charge in [0.05, 0.1) is 0 Å². The quantitative estimate of drug-likeness (QED) is 0.908. The largest absolute Gasteiger partial charge is 0.313 e. The zero-order chi connectivity index (χ0) is 14.8. The second-order valence-electron chi connectivity index (χ2n) is 5.69. The average molecular weight is 316 g/mol. The molecule has 4 nitrogen and oxygen atoms in total. The molecule has 114 valence electrons. The highest BCUT2D eigenvalue weighted by Crippen LogP contribution is 2.29. The van der Waals surface area contributed by atoms with Crippen molar-refractivity contribution in [3.05, 3.63) is 17.0 Å². The minimum absolute atomic E-state index is 0.0820. The van der Waals surface area contributed by atoms with Crippen LogP contribution in [0.4, 0.5) is 0 Å². The minimum Gasteiger partial charge on any atom is -0.313 e. The van der Waals surface area contributed by atoms with Crippen LogP contribution in [0.2, 0.25) is 0 Å². The molecule has 1 unspecified atom stereocenters. The van der Waals surface area contributed by atoms with Crippen molar-refractivity contribution in [3.63, 3.8) is 0 Å². The van der Waals surface area contributed by atoms with Gasteiger partial charge in [-0.1, -0.05) is 20.3 Å². The van der Waals surface area contributed by atoms with Crippen LogP contribution >= 0.6 is 11.3 Å². The third-order valence-corrected chi connectivity index (χ3v) is 7.03. The van der Waals surface area contributed by atoms with Crippen molar-refractivity contribution in [2.75, 3.05) is 13.1 Å². The zero-order valence-corrected chi connectivity index (χ0v) is 14.1. The first kappa shape index (κ1) is 15.9. The SMILES string of the molecule is Cc1ccc(S(=O)(=O)N2CCCCC2CNC(C)C)s1. The summed E-state index contributed by atoms with van der Waals surface area (Å²) in [7, 11) is -3.33. The summed E-state index contributed by atoms with van der Waals surface area (Å²) in [5, 5.41) is 3.37. The number of aryl methyl sites for hydroxylation is 1. The number of thiophene rings is 1. The van der Waals surface area contributed by atoms with Gasteiger partial charge < -0.3 is 5.32 Å². The van der Waals surface area contributed by atoms with Crippen LogP contribution in [0.5, 0.6) is 0 Å². The molecule has 0 spiro atoms. The van der Waals surface area contributed by atoms with E-state index in [4.69, 9.17) is 0 Å². The van der Waals surface area contributed by atoms with E-state index in [1.54, 1.807) is 10.4 Å². The normalized spacial score (nSPS) is 21.5. The second kappa shape index (κ2) is 6.56. The number of rotatable bonds is 5. The topological polar surface area (TPSA) is 49.4 Å². The predicted molar refractivity (Wildman–Crippen MR) is 83.7 cm³/mol. The molecule has 0 radical (unpaired) electrons. The molecule has 6 heteroatoms. The van der Waals surface area contributed by atoms with Gasteiger partial charge in [-0.3, -0.25) is 0 Å². The van der Waals surface area contributed by atoms with Gasteiger partial charge in [0.2, 0.25) is 0 Å². The van der Waals surface area contributed by atoms with Crippen molar-refractivity contribution in [2.24, 2.45) is 0 Å². The maximum absolute atomic E-state index is 12.8. The maximum atomic E-state index is 12.8. The lowest BCUT2D eigenvalue weighted by atomic mass is 10.0. The van der Waals surface area contributed by atoms with E-state index in [-0.39, 0.29) is 6.04 Å². The van der Waals surface area contributed by atoms with E-state index in [9.17, 15) is 8.42 Å². The molecular weight excluding hydrogens is 292 g/mol. The average Bonchev–Trinajstić information content (AvgIpc) is 2.84. The fourth-order valence-electron chi connectivity index (χ4n) is 2.53. The number of piperidine rings is 1. The molecular formula is C14H24N2O2S2. The Morgan fingerprint density at radius 3 is 2.75 bits per heavy atom. The summed E-state index contributed by atoms with van der Waals surface area (Å²) in [6.45, 7) is 7.50. The highest BCUT2D eigenvalue weighted by atomic mass is 32.2. The minimum atomic E-state index is -3.33. The number of sulfonamides is 1. The number of hydrogen-bond acceptors (Lipinski definition) is 4. The van der Waals surface area contributed by atoms with Crippen LogP contribution in [0.1, 0.15) is 38.0 Å². The number of nitrogens with one attached hydrogen (secondary N) is 1. The molecule has 20 heavy (non-hydrogen) atoms. The first-order valence-corrected chi connectivity index (χ1v) is 9.48. The molecule has 0 amide bonds. The lowest BCUT2D eigenvalue weighted by molar-refractivity contribution is 0.242. The molecule has 1 N–H and O–H groups in total. The Labute approximate surface area is 126 Å². The molecule has 2 rings (SSSR count). The van der Waals surface area contributed by atoms with Crippen LogP contribution in [0, 0.1) is 6.92 Å². The molecule has 1 aliphatic rings. The molecule has 0 bridgehead atoms. The predicted octanol–water partition coefficient (Wildman–Crippen LogP) is 2.60. The summed E-state index contributed by atoms with van der Waals surface area (Å²) < 4.78 is 27.7. The molecule has 1 atom stereocenters. The summed E-state index contributed by atoms with van der Waals surface area (Å²) in [5.74, 6) is 0. The van der Waals surface area contributed by atoms with Crippen molar-refractivity contribution in [3.8, 4) is 0 Å². The third-order valence-electron chi connectivity index (χ3n) is 3.61. The van der Waals surface area contributed by atoms with Crippen LogP contribution in [0.15, 0.2) is 16.3 Å². The van der Waals surface area contributed by atoms with Gasteiger partial charge in [0.15, 0.2) is 0 Å². The summed E-state index contributed by atoms with van der Waals surface area (Å²) in [6.07, 6.45) is 3.02. The van der Waals surface area contributed by atoms with Gasteiger partial charge in [-0.2, -0.15) is 4.31 Å². The Bertz CT molecular complexity index is 537. The van der Waals surface area contributed by atoms with E-state index in [0.29, 0.717) is 16.8 Å². The van der Waals surface area contributed by atoms with Crippen molar-refractivity contribution in [1.82, 2.24) is 9.62 Å². The van der Waals surface area contributed by atoms with Gasteiger partial charge in [0, 0.05) is 30.1 Å². The van der Waals surface area contributed by atoms with Crippen molar-refractivity contribution >= 4 is 21.4 Å². The highest BCUT2D eigenvalue weighted by Gasteiger charge is 2.34. The third kappa shape index (κ3) is 3.61. The second-order valence-corrected chi connectivity index (χ2v) is 9.10. The Morgan fingerprint density at radius 2 is 2.15 bits per heavy atom. The van der Waals surface area contributed by atoms with Crippen LogP contribution in [0.3, 0.4) is 0 Å². The molecule has 0 aromatic carbocycles. The van der Waals surface area contributed by atoms with Crippen LogP contribution in [0.25, 0.3) is 0 Å². The molecule has 1 aliphatic heterocycles. The van der Waals surface area contributed by atoms with E-state index in [2.05, 4.69) is 19.2 Å². The summed E-state index contributed by atoms with van der Waals surface area (Å²) in [5.41, 5.74) is 0. The van der Waals surface area contributed by atoms with E-state index in [1.807, 2.05) is 13.0 Å². The van der Waals surface area contributed by atoms with Crippen LogP contribution in [-0.4, -0.2) is 37.9 Å². The Morgan fingerprint density at radius 1 is 1.40 bits per heavy atom. The molecule has 0 saturated carbocycles. The molecule has 1 aromatic rings. The first-order valence-electron chi connectivity index (χ1n) is 7.23. The van der Waals surface area contributed by atoms with E-state index in [1.165, 1.54) is 11.3 Å². The molecule has 2 heterocycles. The van der Waals surface area contributed by atoms with Gasteiger partial charge in [-0.15, -0.1) is 11.3 Å². The summed E-state index contributed by atoms with van der Waals surface area (Å²) >= 11 is 1.36. The van der Waals surface area contributed by atoms with Crippen LogP contribution < -0.4 is 5.32 Å². The van der Waals surface area contributed by atoms with Gasteiger partial charge in [-0.05, 0) is 31.9 Å². The molecule has 1 saturated heterocycles. The van der Waals surface area contributed by atoms with E-state index < -0.39 is 10.0 Å². The van der Waals surface area contributed by atoms with Gasteiger partial charge in [-0.25, -0.2) is 8.42 Å². The maximum Gasteiger partial charge on any atom is 0.252 e. The number of hydrogen-bond donors (Lipinski definition) is 1. The number of nitrogens with zero attached hydrogens (tertiary/aromatic N) is 1. The standard InChI is InChI=1S/C14H24N2O2S2/c1-11(2)15-10-13-6-4-5-9-16(13)20(17,18)14-8-7-12(3)19-14/h7-8,11,13,15H,4-6,9-10H2,1-3H3. The Kier molecular flexibility index (Phi) is 5.23. The van der Waals surface area contributed by atoms with Crippen molar-refractivity contribution < 1.29 is 8.42 Å². The monoisotopic (exact) mass is 316 g/mol. The van der Waals surface area contributed by atoms with Crippen LogP contribution in [-0.2, 0) is 10.0 Å². The Balaban J connectivity index is 2.18. The fraction of sp³-hybridized carbons (Fsp3) is 0.714. The van der Waals surface area contributed by atoms with E-state index >= 15 is 0 Å². The molecule has 0 aliphatic carbocycles. The zero-order valence-electron chi connectivity index (χ0n) is 12.4. The Hall–Kier alpha value is -0.430. The lowest BCUT2D eigenvalue weighted by Crippen LogP contribution is -2.49. The van der Waals surface area contributed by atoms with Gasteiger partial charge in [0.1, 0.15) is 4.21 Å². The smallest absolute Gasteiger partial charge is 0.252 e. The van der Waals surface area contributed by atoms with Gasteiger partial charge in [0.25, 0.3) is 10.0 Å².